The highest BCUT2D eigenvalue weighted by molar-refractivity contribution is 6.09. The molecule has 0 radical (unpaired) electrons. The Morgan fingerprint density at radius 2 is 1.78 bits per heavy atom. The predicted molar refractivity (Wildman–Crippen MR) is 124 cm³/mol. The molecule has 0 aliphatic carbocycles. The van der Waals surface area contributed by atoms with E-state index in [4.69, 9.17) is 13.9 Å². The van der Waals surface area contributed by atoms with Crippen molar-refractivity contribution in [3.8, 4) is 11.5 Å². The number of ketones is 1. The number of rotatable bonds is 6. The monoisotopic (exact) mass is 450 g/mol. The molecule has 0 bridgehead atoms. The minimum atomic E-state index is -0.198. The number of furan rings is 1. The van der Waals surface area contributed by atoms with Crippen LogP contribution in [0.1, 0.15) is 32.9 Å². The van der Waals surface area contributed by atoms with Gasteiger partial charge in [0.1, 0.15) is 13.2 Å². The van der Waals surface area contributed by atoms with Gasteiger partial charge < -0.3 is 19.2 Å². The quantitative estimate of drug-likeness (QED) is 0.423. The largest absolute Gasteiger partial charge is 0.486 e. The molecule has 1 N–H and O–H groups in total. The zero-order chi connectivity index (χ0) is 21.2. The van der Waals surface area contributed by atoms with E-state index in [-0.39, 0.29) is 24.0 Å². The third kappa shape index (κ3) is 4.33. The highest BCUT2D eigenvalue weighted by Crippen LogP contribution is 2.32. The molecule has 2 aromatic heterocycles. The third-order valence-electron chi connectivity index (χ3n) is 5.34. The van der Waals surface area contributed by atoms with Crippen molar-refractivity contribution in [3.05, 3.63) is 88.9 Å². The molecule has 32 heavy (non-hydrogen) atoms. The Balaban J connectivity index is 0.00000245. The number of halogens is 1. The number of hydrogen-bond acceptors (Lipinski definition) is 6. The first-order chi connectivity index (χ1) is 15.2. The number of aromatic nitrogens is 1. The lowest BCUT2D eigenvalue weighted by atomic mass is 10.1. The molecule has 4 aromatic rings. The second kappa shape index (κ2) is 9.42. The molecule has 1 aliphatic rings. The first-order valence-electron chi connectivity index (χ1n) is 10.3. The number of pyridine rings is 1. The fraction of sp³-hybridized carbons (Fsp3) is 0.200. The van der Waals surface area contributed by atoms with Gasteiger partial charge in [0.05, 0.1) is 5.69 Å². The van der Waals surface area contributed by atoms with E-state index < -0.39 is 0 Å². The summed E-state index contributed by atoms with van der Waals surface area (Å²) in [5, 5.41) is 4.33. The van der Waals surface area contributed by atoms with Gasteiger partial charge in [0.2, 0.25) is 5.78 Å². The highest BCUT2D eigenvalue weighted by Gasteiger charge is 2.20. The molecule has 2 aromatic carbocycles. The molecule has 164 valence electrons. The molecule has 6 nitrogen and oxygen atoms in total. The average molecular weight is 451 g/mol. The van der Waals surface area contributed by atoms with Gasteiger partial charge in [-0.05, 0) is 42.3 Å². The van der Waals surface area contributed by atoms with E-state index in [2.05, 4.69) is 22.4 Å². The summed E-state index contributed by atoms with van der Waals surface area (Å²) in [6.45, 7) is 4.23. The molecule has 7 heteroatoms. The van der Waals surface area contributed by atoms with Gasteiger partial charge in [-0.2, -0.15) is 0 Å². The third-order valence-corrected chi connectivity index (χ3v) is 5.34. The first kappa shape index (κ1) is 21.9. The van der Waals surface area contributed by atoms with Crippen molar-refractivity contribution in [3.63, 3.8) is 0 Å². The van der Waals surface area contributed by atoms with Gasteiger partial charge >= 0.3 is 0 Å². The van der Waals surface area contributed by atoms with Crippen LogP contribution in [0.2, 0.25) is 0 Å². The van der Waals surface area contributed by atoms with Gasteiger partial charge in [0.25, 0.3) is 0 Å². The lowest BCUT2D eigenvalue weighted by Crippen LogP contribution is -2.15. The number of fused-ring (bicyclic) bond motifs is 2. The van der Waals surface area contributed by atoms with E-state index in [1.165, 1.54) is 5.56 Å². The minimum Gasteiger partial charge on any atom is -0.486 e. The van der Waals surface area contributed by atoms with Gasteiger partial charge in [0.15, 0.2) is 22.8 Å². The van der Waals surface area contributed by atoms with E-state index in [9.17, 15) is 4.79 Å². The van der Waals surface area contributed by atoms with Crippen LogP contribution in [0.3, 0.4) is 0 Å². The number of benzene rings is 2. The fourth-order valence-corrected chi connectivity index (χ4v) is 3.72. The Kier molecular flexibility index (Phi) is 6.44. The highest BCUT2D eigenvalue weighted by atomic mass is 35.5. The molecule has 3 heterocycles. The molecule has 0 amide bonds. The lowest BCUT2D eigenvalue weighted by Gasteiger charge is -2.18. The van der Waals surface area contributed by atoms with E-state index in [1.54, 1.807) is 18.2 Å². The number of nitrogens with one attached hydrogen (secondary N) is 1. The Labute approximate surface area is 192 Å². The van der Waals surface area contributed by atoms with E-state index in [0.29, 0.717) is 42.4 Å². The van der Waals surface area contributed by atoms with Gasteiger partial charge in [-0.25, -0.2) is 0 Å². The van der Waals surface area contributed by atoms with E-state index in [0.717, 1.165) is 23.2 Å². The van der Waals surface area contributed by atoms with Gasteiger partial charge in [0, 0.05) is 30.2 Å². The van der Waals surface area contributed by atoms with Crippen LogP contribution < -0.4 is 14.8 Å². The van der Waals surface area contributed by atoms with Crippen LogP contribution in [-0.2, 0) is 13.1 Å². The summed E-state index contributed by atoms with van der Waals surface area (Å²) < 4.78 is 17.1. The number of nitrogens with zero attached hydrogens (tertiary/aromatic N) is 1. The van der Waals surface area contributed by atoms with Crippen molar-refractivity contribution in [2.45, 2.75) is 20.0 Å². The summed E-state index contributed by atoms with van der Waals surface area (Å²) in [5.41, 5.74) is 4.09. The van der Waals surface area contributed by atoms with Crippen molar-refractivity contribution in [1.82, 2.24) is 10.3 Å². The SMILES string of the molecule is Cc1ncc(CNCc2ccccc2)c2cc(C(=O)c3ccc4c(c3)OCCO4)oc12.Cl. The Morgan fingerprint density at radius 1 is 1.00 bits per heavy atom. The lowest BCUT2D eigenvalue weighted by molar-refractivity contribution is 0.101. The molecule has 0 unspecified atom stereocenters. The van der Waals surface area contributed by atoms with Crippen molar-refractivity contribution in [1.29, 1.82) is 0 Å². The van der Waals surface area contributed by atoms with Crippen LogP contribution in [0.25, 0.3) is 11.0 Å². The molecule has 0 saturated carbocycles. The Hall–Kier alpha value is -3.35. The predicted octanol–water partition coefficient (Wildman–Crippen LogP) is 4.85. The number of hydrogen-bond donors (Lipinski definition) is 1. The summed E-state index contributed by atoms with van der Waals surface area (Å²) in [4.78, 5) is 17.6. The fourth-order valence-electron chi connectivity index (χ4n) is 3.72. The maximum Gasteiger partial charge on any atom is 0.228 e. The van der Waals surface area contributed by atoms with Gasteiger partial charge in [-0.15, -0.1) is 12.4 Å². The number of carbonyl (C=O) groups excluding carboxylic acids is 1. The Bertz CT molecular complexity index is 1250. The van der Waals surface area contributed by atoms with Crippen LogP contribution in [0.5, 0.6) is 11.5 Å². The summed E-state index contributed by atoms with van der Waals surface area (Å²) in [6.07, 6.45) is 1.84. The second-order valence-corrected chi connectivity index (χ2v) is 7.50. The summed E-state index contributed by atoms with van der Waals surface area (Å²) >= 11 is 0. The van der Waals surface area contributed by atoms with Crippen LogP contribution in [-0.4, -0.2) is 24.0 Å². The number of ether oxygens (including phenoxy) is 2. The smallest absolute Gasteiger partial charge is 0.228 e. The topological polar surface area (TPSA) is 73.6 Å². The van der Waals surface area contributed by atoms with Crippen molar-refractivity contribution in [2.75, 3.05) is 13.2 Å². The van der Waals surface area contributed by atoms with Gasteiger partial charge in [-0.1, -0.05) is 30.3 Å². The maximum atomic E-state index is 13.1. The molecule has 1 aliphatic heterocycles. The Morgan fingerprint density at radius 3 is 2.59 bits per heavy atom. The molecule has 0 spiro atoms. The average Bonchev–Trinajstić information content (AvgIpc) is 3.27. The molecule has 0 atom stereocenters. The summed E-state index contributed by atoms with van der Waals surface area (Å²) in [6, 6.07) is 17.2. The zero-order valence-corrected chi connectivity index (χ0v) is 18.4. The van der Waals surface area contributed by atoms with Crippen LogP contribution in [0, 0.1) is 6.92 Å². The van der Waals surface area contributed by atoms with Crippen molar-refractivity contribution in [2.24, 2.45) is 0 Å². The van der Waals surface area contributed by atoms with Crippen LogP contribution in [0.15, 0.2) is 65.2 Å². The van der Waals surface area contributed by atoms with Gasteiger partial charge in [-0.3, -0.25) is 9.78 Å². The van der Waals surface area contributed by atoms with E-state index >= 15 is 0 Å². The molecular weight excluding hydrogens is 428 g/mol. The molecule has 0 fully saturated rings. The van der Waals surface area contributed by atoms with Crippen LogP contribution in [0.4, 0.5) is 0 Å². The maximum absolute atomic E-state index is 13.1. The van der Waals surface area contributed by atoms with Crippen molar-refractivity contribution < 1.29 is 18.7 Å². The van der Waals surface area contributed by atoms with Crippen LogP contribution >= 0.6 is 12.4 Å². The zero-order valence-electron chi connectivity index (χ0n) is 17.6. The standard InChI is InChI=1S/C25H22N2O4.ClH/c1-16-25-20(19(15-27-16)14-26-13-17-5-3-2-4-6-17)12-23(31-25)24(28)18-7-8-21-22(11-18)30-10-9-29-21;/h2-8,11-12,15,26H,9-10,13-14H2,1H3;1H. The number of carbonyl (C=O) groups is 1. The minimum absolute atomic E-state index is 0. The molecule has 5 rings (SSSR count). The van der Waals surface area contributed by atoms with Crippen molar-refractivity contribution >= 4 is 29.2 Å². The normalized spacial score (nSPS) is 12.4. The number of aryl methyl sites for hydroxylation is 1. The summed E-state index contributed by atoms with van der Waals surface area (Å²) in [7, 11) is 0. The molecular formula is C25H23ClN2O4. The first-order valence-corrected chi connectivity index (χ1v) is 10.3. The molecule has 0 saturated heterocycles. The second-order valence-electron chi connectivity index (χ2n) is 7.50. The summed E-state index contributed by atoms with van der Waals surface area (Å²) in [5.74, 6) is 1.32. The van der Waals surface area contributed by atoms with E-state index in [1.807, 2.05) is 37.4 Å².